The maximum Gasteiger partial charge on any atom is 0.186 e. The predicted octanol–water partition coefficient (Wildman–Crippen LogP) is 1.10. The summed E-state index contributed by atoms with van der Waals surface area (Å²) in [5.41, 5.74) is 11.4. The molecule has 6 heteroatoms. The van der Waals surface area contributed by atoms with E-state index in [0.717, 1.165) is 5.56 Å². The predicted molar refractivity (Wildman–Crippen MR) is 74.5 cm³/mol. The second-order valence-corrected chi connectivity index (χ2v) is 2.93. The summed E-state index contributed by atoms with van der Waals surface area (Å²) in [5, 5.41) is 0. The summed E-state index contributed by atoms with van der Waals surface area (Å²) in [5.74, 6) is 1.43. The minimum atomic E-state index is 0. The number of guanidine groups is 1. The highest BCUT2D eigenvalue weighted by Gasteiger charge is 2.03. The summed E-state index contributed by atoms with van der Waals surface area (Å²) in [4.78, 5) is 3.90. The van der Waals surface area contributed by atoms with Crippen molar-refractivity contribution in [2.24, 2.45) is 16.5 Å². The number of nitrogens with zero attached hydrogens (tertiary/aromatic N) is 1. The lowest BCUT2D eigenvalue weighted by molar-refractivity contribution is 0.354. The summed E-state index contributed by atoms with van der Waals surface area (Å²) < 4.78 is 10.3. The molecule has 16 heavy (non-hydrogen) atoms. The molecule has 0 amide bonds. The van der Waals surface area contributed by atoms with Crippen molar-refractivity contribution in [3.8, 4) is 11.5 Å². The van der Waals surface area contributed by atoms with E-state index >= 15 is 0 Å². The average Bonchev–Trinajstić information content (AvgIpc) is 2.25. The maximum atomic E-state index is 5.24. The fraction of sp³-hybridized carbons (Fsp3) is 0.300. The Morgan fingerprint density at radius 3 is 2.31 bits per heavy atom. The van der Waals surface area contributed by atoms with Crippen molar-refractivity contribution < 1.29 is 9.47 Å². The van der Waals surface area contributed by atoms with Gasteiger partial charge >= 0.3 is 0 Å². The fourth-order valence-electron chi connectivity index (χ4n) is 1.16. The van der Waals surface area contributed by atoms with Crippen LogP contribution in [0.15, 0.2) is 23.2 Å². The SMILES string of the molecule is COc1ccc(CN=C(N)N)cc1OC.I. The highest BCUT2D eigenvalue weighted by molar-refractivity contribution is 14.0. The molecule has 0 aliphatic heterocycles. The third-order valence-electron chi connectivity index (χ3n) is 1.89. The van der Waals surface area contributed by atoms with Gasteiger partial charge in [0.05, 0.1) is 20.8 Å². The van der Waals surface area contributed by atoms with Crippen molar-refractivity contribution in [1.82, 2.24) is 0 Å². The number of hydrogen-bond donors (Lipinski definition) is 2. The molecule has 0 unspecified atom stereocenters. The summed E-state index contributed by atoms with van der Waals surface area (Å²) >= 11 is 0. The molecule has 0 atom stereocenters. The van der Waals surface area contributed by atoms with Gasteiger partial charge in [-0.05, 0) is 17.7 Å². The van der Waals surface area contributed by atoms with Crippen LogP contribution in [0.3, 0.4) is 0 Å². The van der Waals surface area contributed by atoms with Crippen LogP contribution < -0.4 is 20.9 Å². The fourth-order valence-corrected chi connectivity index (χ4v) is 1.16. The zero-order chi connectivity index (χ0) is 11.3. The van der Waals surface area contributed by atoms with Gasteiger partial charge in [-0.2, -0.15) is 0 Å². The quantitative estimate of drug-likeness (QED) is 0.490. The molecule has 0 heterocycles. The summed E-state index contributed by atoms with van der Waals surface area (Å²) in [6, 6.07) is 5.54. The highest BCUT2D eigenvalue weighted by atomic mass is 127. The number of benzene rings is 1. The Morgan fingerprint density at radius 2 is 1.81 bits per heavy atom. The molecule has 0 aromatic heterocycles. The van der Waals surface area contributed by atoms with Gasteiger partial charge in [-0.25, -0.2) is 4.99 Å². The standard InChI is InChI=1S/C10H15N3O2.HI/c1-14-8-4-3-7(5-9(8)15-2)6-13-10(11)12;/h3-5H,6H2,1-2H3,(H4,11,12,13);1H. The van der Waals surface area contributed by atoms with Crippen molar-refractivity contribution in [3.05, 3.63) is 23.8 Å². The van der Waals surface area contributed by atoms with Crippen LogP contribution in [0.4, 0.5) is 0 Å². The lowest BCUT2D eigenvalue weighted by Crippen LogP contribution is -2.22. The van der Waals surface area contributed by atoms with Crippen molar-refractivity contribution in [2.45, 2.75) is 6.54 Å². The van der Waals surface area contributed by atoms with Crippen molar-refractivity contribution in [3.63, 3.8) is 0 Å². The number of nitrogens with two attached hydrogens (primary N) is 2. The van der Waals surface area contributed by atoms with Gasteiger partial charge in [-0.3, -0.25) is 0 Å². The molecule has 0 aliphatic carbocycles. The minimum absolute atomic E-state index is 0. The van der Waals surface area contributed by atoms with Crippen LogP contribution in [0.25, 0.3) is 0 Å². The molecule has 90 valence electrons. The Bertz CT molecular complexity index is 365. The van der Waals surface area contributed by atoms with Gasteiger partial charge in [0.25, 0.3) is 0 Å². The molecule has 0 saturated carbocycles. The summed E-state index contributed by atoms with van der Waals surface area (Å²) in [6.07, 6.45) is 0. The van der Waals surface area contributed by atoms with E-state index in [2.05, 4.69) is 4.99 Å². The second-order valence-electron chi connectivity index (χ2n) is 2.93. The van der Waals surface area contributed by atoms with E-state index < -0.39 is 0 Å². The number of halogens is 1. The van der Waals surface area contributed by atoms with Gasteiger partial charge in [0.15, 0.2) is 17.5 Å². The lowest BCUT2D eigenvalue weighted by Gasteiger charge is -2.08. The Kier molecular flexibility index (Phi) is 6.63. The monoisotopic (exact) mass is 337 g/mol. The number of aliphatic imine (C=N–C) groups is 1. The number of hydrogen-bond acceptors (Lipinski definition) is 3. The first-order valence-corrected chi connectivity index (χ1v) is 4.43. The molecule has 0 aliphatic rings. The van der Waals surface area contributed by atoms with Crippen LogP contribution in [-0.4, -0.2) is 20.2 Å². The third kappa shape index (κ3) is 4.13. The average molecular weight is 337 g/mol. The van der Waals surface area contributed by atoms with Crippen LogP contribution in [0.2, 0.25) is 0 Å². The molecule has 1 aromatic rings. The van der Waals surface area contributed by atoms with Crippen LogP contribution >= 0.6 is 24.0 Å². The smallest absolute Gasteiger partial charge is 0.186 e. The van der Waals surface area contributed by atoms with Crippen LogP contribution in [-0.2, 0) is 6.54 Å². The molecule has 5 nitrogen and oxygen atoms in total. The van der Waals surface area contributed by atoms with Crippen LogP contribution in [0, 0.1) is 0 Å². The van der Waals surface area contributed by atoms with Crippen molar-refractivity contribution in [1.29, 1.82) is 0 Å². The molecular formula is C10H16IN3O2. The van der Waals surface area contributed by atoms with Gasteiger partial charge in [0.2, 0.25) is 0 Å². The van der Waals surface area contributed by atoms with Gasteiger partial charge in [0, 0.05) is 0 Å². The molecule has 0 bridgehead atoms. The van der Waals surface area contributed by atoms with Crippen molar-refractivity contribution in [2.75, 3.05) is 14.2 Å². The number of rotatable bonds is 4. The first-order chi connectivity index (χ1) is 7.17. The number of ether oxygens (including phenoxy) is 2. The second kappa shape index (κ2) is 7.15. The molecule has 1 aromatic carbocycles. The highest BCUT2D eigenvalue weighted by Crippen LogP contribution is 2.27. The Hall–Kier alpha value is -1.18. The topological polar surface area (TPSA) is 82.9 Å². The van der Waals surface area contributed by atoms with Gasteiger partial charge in [0.1, 0.15) is 0 Å². The van der Waals surface area contributed by atoms with Crippen LogP contribution in [0.5, 0.6) is 11.5 Å². The van der Waals surface area contributed by atoms with E-state index in [1.165, 1.54) is 0 Å². The van der Waals surface area contributed by atoms with Gasteiger partial charge < -0.3 is 20.9 Å². The van der Waals surface area contributed by atoms with E-state index in [9.17, 15) is 0 Å². The van der Waals surface area contributed by atoms with Crippen molar-refractivity contribution >= 4 is 29.9 Å². The maximum absolute atomic E-state index is 5.24. The molecule has 4 N–H and O–H groups in total. The largest absolute Gasteiger partial charge is 0.493 e. The summed E-state index contributed by atoms with van der Waals surface area (Å²) in [6.45, 7) is 0.433. The molecular weight excluding hydrogens is 321 g/mol. The molecule has 0 saturated heterocycles. The minimum Gasteiger partial charge on any atom is -0.493 e. The molecule has 0 spiro atoms. The van der Waals surface area contributed by atoms with Gasteiger partial charge in [-0.15, -0.1) is 24.0 Å². The zero-order valence-corrected chi connectivity index (χ0v) is 11.6. The number of methoxy groups -OCH3 is 2. The third-order valence-corrected chi connectivity index (χ3v) is 1.89. The molecule has 1 rings (SSSR count). The first-order valence-electron chi connectivity index (χ1n) is 4.43. The summed E-state index contributed by atoms with van der Waals surface area (Å²) in [7, 11) is 3.18. The molecule has 0 fully saturated rings. The van der Waals surface area contributed by atoms with E-state index in [-0.39, 0.29) is 29.9 Å². The van der Waals surface area contributed by atoms with Crippen LogP contribution in [0.1, 0.15) is 5.56 Å². The Labute approximate surface area is 112 Å². The Morgan fingerprint density at radius 1 is 1.19 bits per heavy atom. The normalized spacial score (nSPS) is 8.88. The van der Waals surface area contributed by atoms with Gasteiger partial charge in [-0.1, -0.05) is 6.07 Å². The zero-order valence-electron chi connectivity index (χ0n) is 9.27. The Balaban J connectivity index is 0.00000225. The van der Waals surface area contributed by atoms with E-state index in [0.29, 0.717) is 18.0 Å². The van der Waals surface area contributed by atoms with E-state index in [1.807, 2.05) is 18.2 Å². The van der Waals surface area contributed by atoms with E-state index in [1.54, 1.807) is 14.2 Å². The van der Waals surface area contributed by atoms with E-state index in [4.69, 9.17) is 20.9 Å². The lowest BCUT2D eigenvalue weighted by atomic mass is 10.2. The first kappa shape index (κ1) is 14.8. The molecule has 0 radical (unpaired) electrons.